The van der Waals surface area contributed by atoms with Gasteiger partial charge in [0.15, 0.2) is 17.6 Å². The van der Waals surface area contributed by atoms with Gasteiger partial charge in [0.25, 0.3) is 0 Å². The Bertz CT molecular complexity index is 1040. The quantitative estimate of drug-likeness (QED) is 0.628. The minimum absolute atomic E-state index is 0.249. The Morgan fingerprint density at radius 3 is 2.31 bits per heavy atom. The van der Waals surface area contributed by atoms with Crippen LogP contribution in [0.3, 0.4) is 0 Å². The second kappa shape index (κ2) is 8.39. The zero-order valence-corrected chi connectivity index (χ0v) is 17.3. The Kier molecular flexibility index (Phi) is 5.92. The van der Waals surface area contributed by atoms with Crippen molar-refractivity contribution in [1.82, 2.24) is 4.98 Å². The van der Waals surface area contributed by atoms with E-state index in [1.54, 1.807) is 12.1 Å². The number of carbonyl (C=O) groups is 1. The van der Waals surface area contributed by atoms with E-state index in [0.717, 1.165) is 34.1 Å². The van der Waals surface area contributed by atoms with Gasteiger partial charge in [-0.3, -0.25) is 0 Å². The summed E-state index contributed by atoms with van der Waals surface area (Å²) < 4.78 is 16.5. The van der Waals surface area contributed by atoms with E-state index in [1.165, 1.54) is 26.7 Å². The second-order valence-electron chi connectivity index (χ2n) is 6.84. The van der Waals surface area contributed by atoms with Crippen LogP contribution in [0.25, 0.3) is 22.2 Å². The first-order valence-corrected chi connectivity index (χ1v) is 9.44. The number of carboxylic acids is 1. The molecule has 0 aliphatic heterocycles. The fraction of sp³-hybridized carbons (Fsp3) is 0.304. The highest BCUT2D eigenvalue weighted by Crippen LogP contribution is 2.42. The van der Waals surface area contributed by atoms with Gasteiger partial charge < -0.3 is 19.3 Å². The van der Waals surface area contributed by atoms with Crippen LogP contribution in [0.4, 0.5) is 0 Å². The Balaban J connectivity index is 2.12. The van der Waals surface area contributed by atoms with Crippen LogP contribution < -0.4 is 14.2 Å². The molecule has 1 atom stereocenters. The number of rotatable bonds is 7. The molecule has 0 spiro atoms. The van der Waals surface area contributed by atoms with Gasteiger partial charge in [-0.25, -0.2) is 9.78 Å². The van der Waals surface area contributed by atoms with Crippen LogP contribution in [-0.4, -0.2) is 36.4 Å². The molecule has 3 aromatic rings. The maximum atomic E-state index is 11.2. The number of ether oxygens (including phenoxy) is 3. The predicted molar refractivity (Wildman–Crippen MR) is 112 cm³/mol. The normalized spacial score (nSPS) is 11.9. The average Bonchev–Trinajstić information content (AvgIpc) is 2.73. The first kappa shape index (κ1) is 20.5. The molecule has 0 bridgehead atoms. The zero-order chi connectivity index (χ0) is 21.1. The van der Waals surface area contributed by atoms with Crippen LogP contribution in [0.5, 0.6) is 17.2 Å². The number of pyridine rings is 1. The van der Waals surface area contributed by atoms with E-state index in [0.29, 0.717) is 11.5 Å². The molecule has 1 heterocycles. The Morgan fingerprint density at radius 2 is 1.76 bits per heavy atom. The van der Waals surface area contributed by atoms with Crippen molar-refractivity contribution in [2.45, 2.75) is 33.3 Å². The number of carboxylic acid groups (broad SMARTS) is 1. The zero-order valence-electron chi connectivity index (χ0n) is 17.3. The molecule has 0 saturated heterocycles. The van der Waals surface area contributed by atoms with Crippen molar-refractivity contribution in [2.24, 2.45) is 0 Å². The van der Waals surface area contributed by atoms with E-state index >= 15 is 0 Å². The van der Waals surface area contributed by atoms with E-state index in [2.05, 4.69) is 26.0 Å². The summed E-state index contributed by atoms with van der Waals surface area (Å²) >= 11 is 0. The summed E-state index contributed by atoms with van der Waals surface area (Å²) in [5, 5.41) is 10.3. The maximum Gasteiger partial charge on any atom is 0.344 e. The second-order valence-corrected chi connectivity index (χ2v) is 6.84. The smallest absolute Gasteiger partial charge is 0.344 e. The molecule has 1 unspecified atom stereocenters. The van der Waals surface area contributed by atoms with Crippen molar-refractivity contribution >= 4 is 16.9 Å². The topological polar surface area (TPSA) is 77.9 Å². The summed E-state index contributed by atoms with van der Waals surface area (Å²) in [6, 6.07) is 11.9. The fourth-order valence-electron chi connectivity index (χ4n) is 3.18. The van der Waals surface area contributed by atoms with Gasteiger partial charge in [0.1, 0.15) is 0 Å². The van der Waals surface area contributed by atoms with Crippen molar-refractivity contribution < 1.29 is 24.1 Å². The lowest BCUT2D eigenvalue weighted by atomic mass is 10.0. The van der Waals surface area contributed by atoms with Gasteiger partial charge in [0.05, 0.1) is 25.4 Å². The molecule has 152 valence electrons. The van der Waals surface area contributed by atoms with Crippen molar-refractivity contribution in [3.8, 4) is 28.5 Å². The van der Waals surface area contributed by atoms with Crippen molar-refractivity contribution in [2.75, 3.05) is 14.2 Å². The van der Waals surface area contributed by atoms with Gasteiger partial charge in [-0.1, -0.05) is 13.0 Å². The highest BCUT2D eigenvalue weighted by atomic mass is 16.6. The lowest BCUT2D eigenvalue weighted by molar-refractivity contribution is -0.144. The third kappa shape index (κ3) is 4.11. The summed E-state index contributed by atoms with van der Waals surface area (Å²) in [6.45, 7) is 5.65. The molecule has 0 radical (unpaired) electrons. The molecule has 6 heteroatoms. The van der Waals surface area contributed by atoms with Crippen LogP contribution >= 0.6 is 0 Å². The molecule has 1 N–H and O–H groups in total. The third-order valence-electron chi connectivity index (χ3n) is 4.89. The summed E-state index contributed by atoms with van der Waals surface area (Å²) in [5.41, 5.74) is 4.87. The number of hydrogen-bond donors (Lipinski definition) is 1. The van der Waals surface area contributed by atoms with Gasteiger partial charge in [-0.2, -0.15) is 0 Å². The van der Waals surface area contributed by atoms with E-state index in [1.807, 2.05) is 12.1 Å². The van der Waals surface area contributed by atoms with E-state index < -0.39 is 12.1 Å². The maximum absolute atomic E-state index is 11.2. The van der Waals surface area contributed by atoms with Crippen molar-refractivity contribution in [3.05, 3.63) is 47.5 Å². The van der Waals surface area contributed by atoms with E-state index in [4.69, 9.17) is 24.3 Å². The first-order valence-electron chi connectivity index (χ1n) is 9.44. The standard InChI is InChI=1S/C23H25NO5/c1-6-15-7-8-18-17(10-15)13(2)9-19(24-18)16-11-20(27-4)22(21(12-16)28-5)29-14(3)23(25)26/h7-12,14H,6H2,1-5H3,(H,25,26). The molecule has 0 aliphatic rings. The third-order valence-corrected chi connectivity index (χ3v) is 4.89. The number of aryl methyl sites for hydroxylation is 2. The van der Waals surface area contributed by atoms with Gasteiger partial charge in [-0.05, 0) is 61.7 Å². The Labute approximate surface area is 170 Å². The lowest BCUT2D eigenvalue weighted by Crippen LogP contribution is -2.23. The number of fused-ring (bicyclic) bond motifs is 1. The van der Waals surface area contributed by atoms with Crippen LogP contribution in [0, 0.1) is 6.92 Å². The molecule has 0 amide bonds. The lowest BCUT2D eigenvalue weighted by Gasteiger charge is -2.18. The molecule has 0 saturated carbocycles. The monoisotopic (exact) mass is 395 g/mol. The van der Waals surface area contributed by atoms with Gasteiger partial charge in [0.2, 0.25) is 5.75 Å². The predicted octanol–water partition coefficient (Wildman–Crippen LogP) is 4.64. The number of aliphatic carboxylic acids is 1. The minimum atomic E-state index is -1.07. The Hall–Kier alpha value is -3.28. The summed E-state index contributed by atoms with van der Waals surface area (Å²) in [4.78, 5) is 16.0. The van der Waals surface area contributed by atoms with Crippen molar-refractivity contribution in [3.63, 3.8) is 0 Å². The molecule has 2 aromatic carbocycles. The molecule has 3 rings (SSSR count). The van der Waals surface area contributed by atoms with E-state index in [9.17, 15) is 4.79 Å². The van der Waals surface area contributed by atoms with Crippen molar-refractivity contribution in [1.29, 1.82) is 0 Å². The Morgan fingerprint density at radius 1 is 1.10 bits per heavy atom. The number of aromatic nitrogens is 1. The molecule has 6 nitrogen and oxygen atoms in total. The molecular weight excluding hydrogens is 370 g/mol. The highest BCUT2D eigenvalue weighted by Gasteiger charge is 2.21. The number of methoxy groups -OCH3 is 2. The fourth-order valence-corrected chi connectivity index (χ4v) is 3.18. The molecule has 0 aliphatic carbocycles. The van der Waals surface area contributed by atoms with Gasteiger partial charge in [-0.15, -0.1) is 0 Å². The molecule has 0 fully saturated rings. The molecular formula is C23H25NO5. The molecule has 29 heavy (non-hydrogen) atoms. The van der Waals surface area contributed by atoms with Gasteiger partial charge >= 0.3 is 5.97 Å². The van der Waals surface area contributed by atoms with Crippen LogP contribution in [0.1, 0.15) is 25.0 Å². The summed E-state index contributed by atoms with van der Waals surface area (Å²) in [6.07, 6.45) is -0.0701. The minimum Gasteiger partial charge on any atom is -0.493 e. The average molecular weight is 395 g/mol. The number of hydrogen-bond acceptors (Lipinski definition) is 5. The van der Waals surface area contributed by atoms with Crippen LogP contribution in [0.15, 0.2) is 36.4 Å². The number of nitrogens with zero attached hydrogens (tertiary/aromatic N) is 1. The first-order chi connectivity index (χ1) is 13.9. The van der Waals surface area contributed by atoms with Crippen LogP contribution in [0.2, 0.25) is 0 Å². The summed E-state index contributed by atoms with van der Waals surface area (Å²) in [5.74, 6) is -0.0585. The SMILES string of the molecule is CCc1ccc2nc(-c3cc(OC)c(OC(C)C(=O)O)c(OC)c3)cc(C)c2c1. The highest BCUT2D eigenvalue weighted by molar-refractivity contribution is 5.86. The molecule has 1 aromatic heterocycles. The van der Waals surface area contributed by atoms with Crippen LogP contribution in [-0.2, 0) is 11.2 Å². The van der Waals surface area contributed by atoms with Gasteiger partial charge in [0, 0.05) is 10.9 Å². The van der Waals surface area contributed by atoms with E-state index in [-0.39, 0.29) is 5.75 Å². The number of benzene rings is 2. The summed E-state index contributed by atoms with van der Waals surface area (Å²) in [7, 11) is 3.00. The largest absolute Gasteiger partial charge is 0.493 e.